The van der Waals surface area contributed by atoms with Crippen molar-refractivity contribution in [3.05, 3.63) is 54.4 Å². The molecule has 27 heavy (non-hydrogen) atoms. The van der Waals surface area contributed by atoms with Gasteiger partial charge in [-0.2, -0.15) is 0 Å². The second-order valence-electron chi connectivity index (χ2n) is 6.50. The molecule has 0 radical (unpaired) electrons. The van der Waals surface area contributed by atoms with Crippen LogP contribution in [0.2, 0.25) is 0 Å². The molecule has 144 valence electrons. The van der Waals surface area contributed by atoms with Crippen LogP contribution in [0.1, 0.15) is 30.2 Å². The van der Waals surface area contributed by atoms with Gasteiger partial charge in [-0.15, -0.1) is 24.8 Å². The Morgan fingerprint density at radius 2 is 1.89 bits per heavy atom. The van der Waals surface area contributed by atoms with Crippen molar-refractivity contribution in [3.63, 3.8) is 0 Å². The zero-order valence-electron chi connectivity index (χ0n) is 14.9. The fourth-order valence-corrected chi connectivity index (χ4v) is 3.06. The van der Waals surface area contributed by atoms with Crippen LogP contribution in [0.15, 0.2) is 47.5 Å². The van der Waals surface area contributed by atoms with E-state index < -0.39 is 0 Å². The molecule has 4 rings (SSSR count). The van der Waals surface area contributed by atoms with Crippen molar-refractivity contribution in [2.45, 2.75) is 31.3 Å². The average Bonchev–Trinajstić information content (AvgIpc) is 3.08. The van der Waals surface area contributed by atoms with Crippen LogP contribution >= 0.6 is 24.8 Å². The molecule has 0 atom stereocenters. The highest BCUT2D eigenvalue weighted by Gasteiger charge is 2.28. The molecule has 7 nitrogen and oxygen atoms in total. The molecular formula is C18H22Cl2N6O. The van der Waals surface area contributed by atoms with Crippen molar-refractivity contribution in [1.82, 2.24) is 20.1 Å². The van der Waals surface area contributed by atoms with Crippen molar-refractivity contribution >= 4 is 30.6 Å². The lowest BCUT2D eigenvalue weighted by Gasteiger charge is -2.32. The molecular weight excluding hydrogens is 387 g/mol. The molecule has 0 amide bonds. The van der Waals surface area contributed by atoms with Gasteiger partial charge in [-0.05, 0) is 25.0 Å². The maximum Gasteiger partial charge on any atom is 0.156 e. The fraction of sp³-hybridized carbons (Fsp3) is 0.333. The minimum absolute atomic E-state index is 0. The Hall–Kier alpha value is -2.22. The third-order valence-corrected chi connectivity index (χ3v) is 4.59. The summed E-state index contributed by atoms with van der Waals surface area (Å²) in [6, 6.07) is 8.11. The predicted octanol–water partition coefficient (Wildman–Crippen LogP) is 3.21. The largest absolute Gasteiger partial charge is 0.359 e. The maximum atomic E-state index is 5.88. The minimum Gasteiger partial charge on any atom is -0.359 e. The maximum absolute atomic E-state index is 5.88. The summed E-state index contributed by atoms with van der Waals surface area (Å²) >= 11 is 0. The first-order chi connectivity index (χ1) is 12.2. The number of hydrogen-bond acceptors (Lipinski definition) is 7. The second-order valence-corrected chi connectivity index (χ2v) is 6.50. The summed E-state index contributed by atoms with van der Waals surface area (Å²) in [5.74, 6) is 2.10. The lowest BCUT2D eigenvalue weighted by Crippen LogP contribution is -2.35. The summed E-state index contributed by atoms with van der Waals surface area (Å²) in [5, 5.41) is 4.13. The highest BCUT2D eigenvalue weighted by molar-refractivity contribution is 5.85. The van der Waals surface area contributed by atoms with Crippen molar-refractivity contribution < 1.29 is 4.52 Å². The first-order valence-electron chi connectivity index (χ1n) is 8.33. The lowest BCUT2D eigenvalue weighted by molar-refractivity contribution is 0.345. The summed E-state index contributed by atoms with van der Waals surface area (Å²) in [7, 11) is 1.98. The summed E-state index contributed by atoms with van der Waals surface area (Å²) in [6.45, 7) is 0.582. The Morgan fingerprint density at radius 1 is 1.15 bits per heavy atom. The van der Waals surface area contributed by atoms with E-state index in [0.717, 1.165) is 41.4 Å². The highest BCUT2D eigenvalue weighted by atomic mass is 35.5. The molecule has 0 saturated heterocycles. The van der Waals surface area contributed by atoms with Crippen LogP contribution in [0.25, 0.3) is 11.3 Å². The van der Waals surface area contributed by atoms with Crippen molar-refractivity contribution in [2.75, 3.05) is 11.9 Å². The summed E-state index contributed by atoms with van der Waals surface area (Å²) in [6.07, 6.45) is 7.10. The molecule has 0 spiro atoms. The number of aromatic nitrogens is 4. The van der Waals surface area contributed by atoms with Gasteiger partial charge in [-0.25, -0.2) is 9.97 Å². The van der Waals surface area contributed by atoms with E-state index in [1.807, 2.05) is 36.2 Å². The number of rotatable bonds is 5. The zero-order valence-corrected chi connectivity index (χ0v) is 16.5. The SMILES string of the molecule is CN(Cc1cc(-c2ccncc2)no1)c1cc(C2CC(N)C2)ncn1.Cl.Cl. The Bertz CT molecular complexity index is 854. The molecule has 9 heteroatoms. The topological polar surface area (TPSA) is 94.0 Å². The minimum atomic E-state index is 0. The van der Waals surface area contributed by atoms with Crippen LogP contribution in [0, 0.1) is 0 Å². The van der Waals surface area contributed by atoms with Crippen LogP contribution in [-0.2, 0) is 6.54 Å². The van der Waals surface area contributed by atoms with Crippen molar-refractivity contribution in [1.29, 1.82) is 0 Å². The van der Waals surface area contributed by atoms with Gasteiger partial charge in [0.1, 0.15) is 17.8 Å². The van der Waals surface area contributed by atoms with E-state index >= 15 is 0 Å². The Balaban J connectivity index is 0.00000131. The lowest BCUT2D eigenvalue weighted by atomic mass is 9.78. The van der Waals surface area contributed by atoms with Crippen LogP contribution in [0.3, 0.4) is 0 Å². The number of nitrogens with zero attached hydrogens (tertiary/aromatic N) is 5. The predicted molar refractivity (Wildman–Crippen MR) is 108 cm³/mol. The van der Waals surface area contributed by atoms with E-state index in [4.69, 9.17) is 10.3 Å². The van der Waals surface area contributed by atoms with Gasteiger partial charge in [0.2, 0.25) is 0 Å². The number of hydrogen-bond donors (Lipinski definition) is 1. The summed E-state index contributed by atoms with van der Waals surface area (Å²) < 4.78 is 5.46. The van der Waals surface area contributed by atoms with E-state index in [1.54, 1.807) is 18.7 Å². The second kappa shape index (κ2) is 9.12. The average molecular weight is 409 g/mol. The molecule has 1 aliphatic rings. The molecule has 0 aromatic carbocycles. The van der Waals surface area contributed by atoms with Gasteiger partial charge in [-0.1, -0.05) is 5.16 Å². The quantitative estimate of drug-likeness (QED) is 0.692. The molecule has 0 aliphatic heterocycles. The molecule has 1 aliphatic carbocycles. The first kappa shape index (κ1) is 21.1. The molecule has 3 aromatic rings. The standard InChI is InChI=1S/C18H20N6O.2ClH/c1-24(18-9-16(21-11-22-18)13-6-14(19)7-13)10-15-8-17(23-25-15)12-2-4-20-5-3-12;;/h2-5,8-9,11,13-14H,6-7,10,19H2,1H3;2*1H. The van der Waals surface area contributed by atoms with Gasteiger partial charge >= 0.3 is 0 Å². The highest BCUT2D eigenvalue weighted by Crippen LogP contribution is 2.35. The number of pyridine rings is 1. The van der Waals surface area contributed by atoms with Gasteiger partial charge in [-0.3, -0.25) is 4.98 Å². The number of halogens is 2. The third kappa shape index (κ3) is 4.74. The Morgan fingerprint density at radius 3 is 2.59 bits per heavy atom. The van der Waals surface area contributed by atoms with Gasteiger partial charge in [0, 0.05) is 54.8 Å². The monoisotopic (exact) mass is 408 g/mol. The molecule has 0 unspecified atom stereocenters. The van der Waals surface area contributed by atoms with E-state index in [0.29, 0.717) is 18.5 Å². The van der Waals surface area contributed by atoms with Crippen LogP contribution in [-0.4, -0.2) is 33.2 Å². The van der Waals surface area contributed by atoms with Crippen molar-refractivity contribution in [2.24, 2.45) is 5.73 Å². The van der Waals surface area contributed by atoms with Gasteiger partial charge in [0.05, 0.1) is 6.54 Å². The summed E-state index contributed by atoms with van der Waals surface area (Å²) in [5.41, 5.74) is 8.73. The van der Waals surface area contributed by atoms with Crippen LogP contribution in [0.5, 0.6) is 0 Å². The Labute approximate surface area is 170 Å². The first-order valence-corrected chi connectivity index (χ1v) is 8.33. The molecule has 3 aromatic heterocycles. The number of nitrogens with two attached hydrogens (primary N) is 1. The molecule has 0 bridgehead atoms. The zero-order chi connectivity index (χ0) is 17.2. The molecule has 1 saturated carbocycles. The van der Waals surface area contributed by atoms with E-state index in [2.05, 4.69) is 20.1 Å². The fourth-order valence-electron chi connectivity index (χ4n) is 3.06. The smallest absolute Gasteiger partial charge is 0.156 e. The van der Waals surface area contributed by atoms with Crippen LogP contribution < -0.4 is 10.6 Å². The molecule has 2 N–H and O–H groups in total. The molecule has 3 heterocycles. The van der Waals surface area contributed by atoms with E-state index in [-0.39, 0.29) is 24.8 Å². The van der Waals surface area contributed by atoms with E-state index in [9.17, 15) is 0 Å². The van der Waals surface area contributed by atoms with E-state index in [1.165, 1.54) is 0 Å². The van der Waals surface area contributed by atoms with Gasteiger partial charge < -0.3 is 15.2 Å². The Kier molecular flexibility index (Phi) is 7.12. The van der Waals surface area contributed by atoms with Crippen LogP contribution in [0.4, 0.5) is 5.82 Å². The van der Waals surface area contributed by atoms with Crippen molar-refractivity contribution in [3.8, 4) is 11.3 Å². The van der Waals surface area contributed by atoms with Gasteiger partial charge in [0.15, 0.2) is 5.76 Å². The number of anilines is 1. The summed E-state index contributed by atoms with van der Waals surface area (Å²) in [4.78, 5) is 14.8. The molecule has 1 fully saturated rings. The normalized spacial score (nSPS) is 18.0. The third-order valence-electron chi connectivity index (χ3n) is 4.59. The van der Waals surface area contributed by atoms with Gasteiger partial charge in [0.25, 0.3) is 0 Å².